The lowest BCUT2D eigenvalue weighted by Crippen LogP contribution is -2.28. The summed E-state index contributed by atoms with van der Waals surface area (Å²) in [5.41, 5.74) is 4.69. The zero-order valence-electron chi connectivity index (χ0n) is 17.6. The molecule has 30 heavy (non-hydrogen) atoms. The van der Waals surface area contributed by atoms with E-state index in [0.29, 0.717) is 34.0 Å². The van der Waals surface area contributed by atoms with E-state index >= 15 is 0 Å². The van der Waals surface area contributed by atoms with E-state index in [2.05, 4.69) is 60.5 Å². The summed E-state index contributed by atoms with van der Waals surface area (Å²) in [6, 6.07) is 14.2. The number of aromatic nitrogens is 2. The van der Waals surface area contributed by atoms with Crippen LogP contribution in [0.1, 0.15) is 66.3 Å². The van der Waals surface area contributed by atoms with Crippen LogP contribution in [-0.2, 0) is 0 Å². The predicted molar refractivity (Wildman–Crippen MR) is 121 cm³/mol. The largest absolute Gasteiger partial charge is 0.345 e. The molecule has 3 heterocycles. The van der Waals surface area contributed by atoms with E-state index in [9.17, 15) is 4.79 Å². The molecule has 5 nitrogen and oxygen atoms in total. The number of rotatable bonds is 6. The average molecular weight is 420 g/mol. The fourth-order valence-corrected chi connectivity index (χ4v) is 4.28. The van der Waals surface area contributed by atoms with Gasteiger partial charge in [-0.05, 0) is 47.9 Å². The molecule has 0 aliphatic carbocycles. The monoisotopic (exact) mass is 419 g/mol. The summed E-state index contributed by atoms with van der Waals surface area (Å²) in [4.78, 5) is 18.9. The summed E-state index contributed by atoms with van der Waals surface area (Å²) in [6.45, 7) is 8.26. The van der Waals surface area contributed by atoms with Gasteiger partial charge in [0.2, 0.25) is 0 Å². The van der Waals surface area contributed by atoms with E-state index in [1.54, 1.807) is 11.3 Å². The van der Waals surface area contributed by atoms with Crippen molar-refractivity contribution in [3.05, 3.63) is 70.2 Å². The maximum absolute atomic E-state index is 13.3. The second-order valence-corrected chi connectivity index (χ2v) is 8.68. The van der Waals surface area contributed by atoms with Crippen molar-refractivity contribution >= 4 is 28.3 Å². The van der Waals surface area contributed by atoms with Crippen LogP contribution in [0.15, 0.2) is 52.4 Å². The molecule has 4 rings (SSSR count). The Balaban J connectivity index is 1.68. The summed E-state index contributed by atoms with van der Waals surface area (Å²) >= 11 is 1.57. The summed E-state index contributed by atoms with van der Waals surface area (Å²) in [5.74, 6) is 0.331. The molecule has 4 aromatic rings. The number of pyridine rings is 1. The summed E-state index contributed by atoms with van der Waals surface area (Å²) in [7, 11) is 0. The zero-order chi connectivity index (χ0) is 21.3. The molecular formula is C24H25N3O2S. The molecule has 3 aromatic heterocycles. The molecule has 0 spiro atoms. The molecule has 0 saturated heterocycles. The maximum atomic E-state index is 13.3. The molecule has 0 radical (unpaired) electrons. The summed E-state index contributed by atoms with van der Waals surface area (Å²) < 4.78 is 5.39. The van der Waals surface area contributed by atoms with E-state index in [-0.39, 0.29) is 11.9 Å². The number of nitrogens with zero attached hydrogens (tertiary/aromatic N) is 2. The van der Waals surface area contributed by atoms with Gasteiger partial charge in [-0.15, -0.1) is 11.3 Å². The molecule has 1 N–H and O–H groups in total. The number of carbonyl (C=O) groups is 1. The Hall–Kier alpha value is -2.99. The molecular weight excluding hydrogens is 394 g/mol. The van der Waals surface area contributed by atoms with E-state index in [1.165, 1.54) is 5.56 Å². The van der Waals surface area contributed by atoms with E-state index in [0.717, 1.165) is 16.9 Å². The van der Waals surface area contributed by atoms with Gasteiger partial charge in [0.15, 0.2) is 0 Å². The zero-order valence-corrected chi connectivity index (χ0v) is 18.4. The highest BCUT2D eigenvalue weighted by Crippen LogP contribution is 2.30. The Kier molecular flexibility index (Phi) is 5.68. The molecule has 154 valence electrons. The maximum Gasteiger partial charge on any atom is 0.259 e. The molecule has 0 aliphatic rings. The molecule has 0 saturated carbocycles. The van der Waals surface area contributed by atoms with E-state index in [4.69, 9.17) is 4.52 Å². The van der Waals surface area contributed by atoms with Gasteiger partial charge in [-0.1, -0.05) is 56.3 Å². The van der Waals surface area contributed by atoms with Crippen LogP contribution in [0.2, 0.25) is 0 Å². The van der Waals surface area contributed by atoms with Gasteiger partial charge in [0.1, 0.15) is 0 Å². The van der Waals surface area contributed by atoms with E-state index in [1.807, 2.05) is 30.5 Å². The third kappa shape index (κ3) is 3.87. The second kappa shape index (κ2) is 8.40. The van der Waals surface area contributed by atoms with Crippen LogP contribution in [-0.4, -0.2) is 16.0 Å². The van der Waals surface area contributed by atoms with Gasteiger partial charge in [-0.3, -0.25) is 4.79 Å². The minimum atomic E-state index is -0.147. The standard InChI is InChI=1S/C24H25N3O2S/c1-5-19(17-10-8-16(9-11-17)14(2)3)25-23(28)18-13-20(21-7-6-12-30-21)26-24-22(18)15(4)27-29-24/h6-14,19H,5H2,1-4H3,(H,25,28)/t19-/m1/s1. The van der Waals surface area contributed by atoms with Gasteiger partial charge in [0.25, 0.3) is 11.6 Å². The Morgan fingerprint density at radius 3 is 2.53 bits per heavy atom. The highest BCUT2D eigenvalue weighted by molar-refractivity contribution is 7.13. The molecule has 0 unspecified atom stereocenters. The lowest BCUT2D eigenvalue weighted by atomic mass is 9.97. The van der Waals surface area contributed by atoms with Crippen molar-refractivity contribution in [3.63, 3.8) is 0 Å². The average Bonchev–Trinajstić information content (AvgIpc) is 3.42. The third-order valence-corrected chi connectivity index (χ3v) is 6.25. The Labute approximate surface area is 180 Å². The van der Waals surface area contributed by atoms with Gasteiger partial charge >= 0.3 is 0 Å². The summed E-state index contributed by atoms with van der Waals surface area (Å²) in [5, 5.41) is 9.88. The first-order valence-electron chi connectivity index (χ1n) is 10.2. The highest BCUT2D eigenvalue weighted by Gasteiger charge is 2.22. The third-order valence-electron chi connectivity index (χ3n) is 5.35. The van der Waals surface area contributed by atoms with Gasteiger partial charge in [0.05, 0.1) is 33.3 Å². The van der Waals surface area contributed by atoms with Crippen LogP contribution in [0, 0.1) is 6.92 Å². The van der Waals surface area contributed by atoms with Gasteiger partial charge < -0.3 is 9.84 Å². The number of hydrogen-bond donors (Lipinski definition) is 1. The number of hydrogen-bond acceptors (Lipinski definition) is 5. The number of nitrogens with one attached hydrogen (secondary N) is 1. The number of carbonyl (C=O) groups excluding carboxylic acids is 1. The first kappa shape index (κ1) is 20.3. The van der Waals surface area contributed by atoms with Gasteiger partial charge in [0, 0.05) is 0 Å². The van der Waals surface area contributed by atoms with Crippen molar-refractivity contribution in [2.75, 3.05) is 0 Å². The van der Waals surface area contributed by atoms with Crippen molar-refractivity contribution in [3.8, 4) is 10.6 Å². The van der Waals surface area contributed by atoms with Crippen molar-refractivity contribution < 1.29 is 9.32 Å². The topological polar surface area (TPSA) is 68.0 Å². The molecule has 1 amide bonds. The predicted octanol–water partition coefficient (Wildman–Crippen LogP) is 6.26. The minimum Gasteiger partial charge on any atom is -0.345 e. The molecule has 0 aliphatic heterocycles. The molecule has 1 aromatic carbocycles. The smallest absolute Gasteiger partial charge is 0.259 e. The number of aryl methyl sites for hydroxylation is 1. The van der Waals surface area contributed by atoms with Gasteiger partial charge in [-0.2, -0.15) is 0 Å². The number of thiophene rings is 1. The number of fused-ring (bicyclic) bond motifs is 1. The van der Waals surface area contributed by atoms with Crippen molar-refractivity contribution in [1.82, 2.24) is 15.5 Å². The first-order valence-corrected chi connectivity index (χ1v) is 11.1. The summed E-state index contributed by atoms with van der Waals surface area (Å²) in [6.07, 6.45) is 0.793. The van der Waals surface area contributed by atoms with Gasteiger partial charge in [-0.25, -0.2) is 4.98 Å². The van der Waals surface area contributed by atoms with Crippen LogP contribution in [0.4, 0.5) is 0 Å². The van der Waals surface area contributed by atoms with Crippen molar-refractivity contribution in [2.45, 2.75) is 46.1 Å². The molecule has 1 atom stereocenters. The van der Waals surface area contributed by atoms with Crippen molar-refractivity contribution in [1.29, 1.82) is 0 Å². The van der Waals surface area contributed by atoms with Crippen LogP contribution in [0.3, 0.4) is 0 Å². The SMILES string of the molecule is CC[C@@H](NC(=O)c1cc(-c2cccs2)nc2onc(C)c12)c1ccc(C(C)C)cc1. The lowest BCUT2D eigenvalue weighted by Gasteiger charge is -2.19. The molecule has 0 bridgehead atoms. The van der Waals surface area contributed by atoms with E-state index < -0.39 is 0 Å². The highest BCUT2D eigenvalue weighted by atomic mass is 32.1. The van der Waals surface area contributed by atoms with Crippen LogP contribution in [0.5, 0.6) is 0 Å². The normalized spacial score (nSPS) is 12.4. The molecule has 0 fully saturated rings. The Morgan fingerprint density at radius 2 is 1.90 bits per heavy atom. The quantitative estimate of drug-likeness (QED) is 0.400. The molecule has 6 heteroatoms. The Morgan fingerprint density at radius 1 is 1.17 bits per heavy atom. The van der Waals surface area contributed by atoms with Crippen molar-refractivity contribution in [2.24, 2.45) is 0 Å². The van der Waals surface area contributed by atoms with Crippen LogP contribution >= 0.6 is 11.3 Å². The fourth-order valence-electron chi connectivity index (χ4n) is 3.59. The Bertz CT molecular complexity index is 1160. The van der Waals surface area contributed by atoms with Crippen LogP contribution < -0.4 is 5.32 Å². The second-order valence-electron chi connectivity index (χ2n) is 7.74. The number of benzene rings is 1. The number of amides is 1. The first-order chi connectivity index (χ1) is 14.5. The fraction of sp³-hybridized carbons (Fsp3) is 0.292. The minimum absolute atomic E-state index is 0.0766. The lowest BCUT2D eigenvalue weighted by molar-refractivity contribution is 0.0937. The van der Waals surface area contributed by atoms with Crippen LogP contribution in [0.25, 0.3) is 21.7 Å².